The van der Waals surface area contributed by atoms with Crippen LogP contribution in [0.2, 0.25) is 0 Å². The van der Waals surface area contributed by atoms with Gasteiger partial charge in [0.25, 0.3) is 0 Å². The van der Waals surface area contributed by atoms with Gasteiger partial charge in [0.15, 0.2) is 0 Å². The molecule has 1 aromatic rings. The molecule has 0 aliphatic rings. The van der Waals surface area contributed by atoms with Crippen LogP contribution in [0.5, 0.6) is 0 Å². The maximum atomic E-state index is 9.45. The molecule has 0 heterocycles. The molecule has 100 valence electrons. The maximum absolute atomic E-state index is 9.45. The van der Waals surface area contributed by atoms with Crippen molar-refractivity contribution in [2.75, 3.05) is 0 Å². The fraction of sp³-hybridized carbons (Fsp3) is 0.364. The molecule has 0 amide bonds. The van der Waals surface area contributed by atoms with E-state index in [0.29, 0.717) is 6.42 Å². The number of benzene rings is 1. The van der Waals surface area contributed by atoms with Gasteiger partial charge in [-0.1, -0.05) is 30.3 Å². The van der Waals surface area contributed by atoms with Gasteiger partial charge >= 0.3 is 13.1 Å². The summed E-state index contributed by atoms with van der Waals surface area (Å²) in [6.07, 6.45) is -0.747. The standard InChI is InChI=1S/C8H12BNO2.C3H6O3/c10-8(9(11)12)6-7-4-2-1-3-5-7;1-2(4)3(5)6/h1-5,8,11-12H,6,10H2;2,4H,1H3,(H,5,6)/t8-;2-/m00/s1. The molecule has 18 heavy (non-hydrogen) atoms. The minimum atomic E-state index is -1.44. The first-order valence-corrected chi connectivity index (χ1v) is 5.41. The van der Waals surface area contributed by atoms with Crippen LogP contribution in [0, 0.1) is 0 Å². The van der Waals surface area contributed by atoms with Crippen LogP contribution in [-0.4, -0.2) is 45.4 Å². The van der Waals surface area contributed by atoms with E-state index in [4.69, 9.17) is 26.0 Å². The summed E-state index contributed by atoms with van der Waals surface area (Å²) in [5, 5.41) is 33.2. The Bertz CT molecular complexity index is 345. The Balaban J connectivity index is 0.000000411. The topological polar surface area (TPSA) is 124 Å². The van der Waals surface area contributed by atoms with Crippen molar-refractivity contribution < 1.29 is 25.1 Å². The number of aliphatic hydroxyl groups excluding tert-OH is 1. The zero-order valence-electron chi connectivity index (χ0n) is 10.1. The summed E-state index contributed by atoms with van der Waals surface area (Å²) < 4.78 is 0. The van der Waals surface area contributed by atoms with Crippen LogP contribution in [0.25, 0.3) is 0 Å². The molecule has 0 saturated carbocycles. The van der Waals surface area contributed by atoms with Gasteiger partial charge in [0.05, 0.1) is 0 Å². The molecule has 6 nitrogen and oxygen atoms in total. The van der Waals surface area contributed by atoms with Gasteiger partial charge < -0.3 is 26.0 Å². The monoisotopic (exact) mass is 255 g/mol. The Hall–Kier alpha value is -1.41. The Morgan fingerprint density at radius 2 is 1.78 bits per heavy atom. The van der Waals surface area contributed by atoms with E-state index < -0.39 is 25.1 Å². The van der Waals surface area contributed by atoms with E-state index in [0.717, 1.165) is 5.56 Å². The fourth-order valence-corrected chi connectivity index (χ4v) is 0.992. The van der Waals surface area contributed by atoms with E-state index in [2.05, 4.69) is 0 Å². The van der Waals surface area contributed by atoms with E-state index in [9.17, 15) is 4.79 Å². The Kier molecular flexibility index (Phi) is 7.98. The lowest BCUT2D eigenvalue weighted by atomic mass is 9.77. The third-order valence-electron chi connectivity index (χ3n) is 2.05. The molecule has 0 bridgehead atoms. The summed E-state index contributed by atoms with van der Waals surface area (Å²) in [6.45, 7) is 1.20. The molecule has 6 N–H and O–H groups in total. The average Bonchev–Trinajstić information content (AvgIpc) is 2.30. The summed E-state index contributed by atoms with van der Waals surface area (Å²) in [4.78, 5) is 9.45. The maximum Gasteiger partial charge on any atom is 0.469 e. The SMILES string of the molecule is C[C@H](O)C(=O)O.N[C@@H](Cc1ccccc1)B(O)O. The molecule has 0 aliphatic heterocycles. The zero-order valence-corrected chi connectivity index (χ0v) is 10.1. The minimum absolute atomic E-state index is 0.485. The Morgan fingerprint density at radius 1 is 1.33 bits per heavy atom. The fourth-order valence-electron chi connectivity index (χ4n) is 0.992. The van der Waals surface area contributed by atoms with Gasteiger partial charge in [0.1, 0.15) is 6.10 Å². The van der Waals surface area contributed by atoms with Crippen molar-refractivity contribution >= 4 is 13.1 Å². The van der Waals surface area contributed by atoms with Crippen LogP contribution in [-0.2, 0) is 11.2 Å². The van der Waals surface area contributed by atoms with Crippen LogP contribution in [0.4, 0.5) is 0 Å². The summed E-state index contributed by atoms with van der Waals surface area (Å²) in [6, 6.07) is 9.51. The normalized spacial score (nSPS) is 12.9. The first-order valence-electron chi connectivity index (χ1n) is 5.41. The zero-order chi connectivity index (χ0) is 14.1. The highest BCUT2D eigenvalue weighted by molar-refractivity contribution is 6.43. The van der Waals surface area contributed by atoms with Crippen LogP contribution in [0.3, 0.4) is 0 Å². The number of aliphatic carboxylic acids is 1. The highest BCUT2D eigenvalue weighted by Crippen LogP contribution is 2.01. The van der Waals surface area contributed by atoms with E-state index in [1.807, 2.05) is 30.3 Å². The van der Waals surface area contributed by atoms with Crippen molar-refractivity contribution in [3.63, 3.8) is 0 Å². The van der Waals surface area contributed by atoms with Gasteiger partial charge in [-0.2, -0.15) is 0 Å². The van der Waals surface area contributed by atoms with E-state index in [1.54, 1.807) is 0 Å². The number of rotatable bonds is 4. The third kappa shape index (κ3) is 7.80. The molecule has 0 aliphatic carbocycles. The van der Waals surface area contributed by atoms with Gasteiger partial charge in [-0.3, -0.25) is 0 Å². The number of hydrogen-bond donors (Lipinski definition) is 5. The van der Waals surface area contributed by atoms with E-state index in [1.165, 1.54) is 6.92 Å². The van der Waals surface area contributed by atoms with Gasteiger partial charge in [0, 0.05) is 5.94 Å². The van der Waals surface area contributed by atoms with Crippen LogP contribution < -0.4 is 5.73 Å². The Labute approximate surface area is 106 Å². The number of nitrogens with two attached hydrogens (primary N) is 1. The molecule has 0 aromatic heterocycles. The molecule has 0 radical (unpaired) electrons. The second-order valence-corrected chi connectivity index (χ2v) is 3.78. The predicted octanol–water partition coefficient (Wildman–Crippen LogP) is -0.980. The molecule has 1 rings (SSSR count). The van der Waals surface area contributed by atoms with Crippen molar-refractivity contribution in [3.8, 4) is 0 Å². The highest BCUT2D eigenvalue weighted by atomic mass is 16.4. The van der Waals surface area contributed by atoms with Gasteiger partial charge in [-0.15, -0.1) is 0 Å². The lowest BCUT2D eigenvalue weighted by Crippen LogP contribution is -2.40. The van der Waals surface area contributed by atoms with Gasteiger partial charge in [-0.25, -0.2) is 4.79 Å². The first-order chi connectivity index (χ1) is 8.34. The smallest absolute Gasteiger partial charge is 0.469 e. The number of carboxylic acid groups (broad SMARTS) is 1. The lowest BCUT2D eigenvalue weighted by molar-refractivity contribution is -0.145. The third-order valence-corrected chi connectivity index (χ3v) is 2.05. The van der Waals surface area contributed by atoms with E-state index >= 15 is 0 Å². The first kappa shape index (κ1) is 16.6. The molecule has 0 unspecified atom stereocenters. The van der Waals surface area contributed by atoms with Crippen molar-refractivity contribution in [2.45, 2.75) is 25.4 Å². The Morgan fingerprint density at radius 3 is 2.11 bits per heavy atom. The lowest BCUT2D eigenvalue weighted by Gasteiger charge is -2.09. The van der Waals surface area contributed by atoms with Crippen LogP contribution in [0.1, 0.15) is 12.5 Å². The quantitative estimate of drug-likeness (QED) is 0.440. The second-order valence-electron chi connectivity index (χ2n) is 3.78. The molecule has 1 aromatic carbocycles. The van der Waals surface area contributed by atoms with Crippen molar-refractivity contribution in [1.82, 2.24) is 0 Å². The largest absolute Gasteiger partial charge is 0.479 e. The summed E-state index contributed by atoms with van der Waals surface area (Å²) in [5.41, 5.74) is 6.46. The van der Waals surface area contributed by atoms with Crippen molar-refractivity contribution in [1.29, 1.82) is 0 Å². The predicted molar refractivity (Wildman–Crippen MR) is 67.6 cm³/mol. The second kappa shape index (κ2) is 8.65. The molecular weight excluding hydrogens is 237 g/mol. The van der Waals surface area contributed by atoms with E-state index in [-0.39, 0.29) is 0 Å². The summed E-state index contributed by atoms with van der Waals surface area (Å²) >= 11 is 0. The number of aliphatic hydroxyl groups is 1. The molecule has 2 atom stereocenters. The number of carboxylic acids is 1. The van der Waals surface area contributed by atoms with Crippen LogP contribution >= 0.6 is 0 Å². The number of hydrogen-bond acceptors (Lipinski definition) is 5. The minimum Gasteiger partial charge on any atom is -0.479 e. The summed E-state index contributed by atoms with van der Waals surface area (Å²) in [5.74, 6) is -1.79. The average molecular weight is 255 g/mol. The molecular formula is C11H18BNO5. The molecule has 0 spiro atoms. The van der Waals surface area contributed by atoms with Gasteiger partial charge in [-0.05, 0) is 18.9 Å². The van der Waals surface area contributed by atoms with Gasteiger partial charge in [0.2, 0.25) is 0 Å². The molecule has 7 heteroatoms. The van der Waals surface area contributed by atoms with Crippen LogP contribution in [0.15, 0.2) is 30.3 Å². The van der Waals surface area contributed by atoms with Crippen molar-refractivity contribution in [3.05, 3.63) is 35.9 Å². The highest BCUT2D eigenvalue weighted by Gasteiger charge is 2.18. The molecule has 0 fully saturated rings. The number of carbonyl (C=O) groups is 1. The summed E-state index contributed by atoms with van der Waals surface area (Å²) in [7, 11) is -1.44. The van der Waals surface area contributed by atoms with Crippen molar-refractivity contribution in [2.24, 2.45) is 5.73 Å². The molecule has 0 saturated heterocycles.